The van der Waals surface area contributed by atoms with Crippen molar-refractivity contribution in [3.63, 3.8) is 0 Å². The van der Waals surface area contributed by atoms with E-state index in [1.807, 2.05) is 24.4 Å². The molecule has 2 unspecified atom stereocenters. The Kier molecular flexibility index (Phi) is 10.3. The van der Waals surface area contributed by atoms with E-state index in [2.05, 4.69) is 17.2 Å². The Labute approximate surface area is 149 Å². The second kappa shape index (κ2) is 10.4. The van der Waals surface area contributed by atoms with Gasteiger partial charge in [0.15, 0.2) is 0 Å². The van der Waals surface area contributed by atoms with Crippen LogP contribution in [0.2, 0.25) is 0 Å². The molecule has 22 heavy (non-hydrogen) atoms. The summed E-state index contributed by atoms with van der Waals surface area (Å²) in [5.41, 5.74) is 2.89. The molecule has 1 aromatic heterocycles. The Hall–Kier alpha value is -0.360. The highest BCUT2D eigenvalue weighted by atomic mass is 35.5. The molecule has 7 heteroatoms. The van der Waals surface area contributed by atoms with Crippen LogP contribution in [0.25, 0.3) is 0 Å². The maximum atomic E-state index is 12.3. The van der Waals surface area contributed by atoms with Crippen molar-refractivity contribution in [2.45, 2.75) is 39.7 Å². The van der Waals surface area contributed by atoms with Gasteiger partial charge >= 0.3 is 0 Å². The first kappa shape index (κ1) is 21.6. The van der Waals surface area contributed by atoms with Crippen LogP contribution in [0.15, 0.2) is 5.51 Å². The monoisotopic (exact) mass is 367 g/mol. The molecule has 0 saturated carbocycles. The summed E-state index contributed by atoms with van der Waals surface area (Å²) in [6, 6.07) is 0. The van der Waals surface area contributed by atoms with E-state index in [1.54, 1.807) is 11.3 Å². The highest BCUT2D eigenvalue weighted by Gasteiger charge is 2.23. The molecular formula is C15H27Cl2N3OS. The summed E-state index contributed by atoms with van der Waals surface area (Å²) in [5.74, 6) is 1.35. The second-order valence-corrected chi connectivity index (χ2v) is 6.84. The molecule has 128 valence electrons. The van der Waals surface area contributed by atoms with Gasteiger partial charge in [-0.1, -0.05) is 6.92 Å². The largest absolute Gasteiger partial charge is 0.341 e. The summed E-state index contributed by atoms with van der Waals surface area (Å²) in [6.45, 7) is 7.08. The highest BCUT2D eigenvalue weighted by Crippen LogP contribution is 2.23. The fraction of sp³-hybridized carbons (Fsp3) is 0.733. The maximum Gasteiger partial charge on any atom is 0.222 e. The number of aromatic nitrogens is 1. The summed E-state index contributed by atoms with van der Waals surface area (Å²) < 4.78 is 0. The van der Waals surface area contributed by atoms with Gasteiger partial charge in [0.2, 0.25) is 5.91 Å². The molecule has 1 fully saturated rings. The topological polar surface area (TPSA) is 45.2 Å². The molecule has 1 aliphatic heterocycles. The third-order valence-corrected chi connectivity index (χ3v) is 5.21. The third kappa shape index (κ3) is 6.03. The van der Waals surface area contributed by atoms with E-state index in [1.165, 1.54) is 17.7 Å². The predicted octanol–water partition coefficient (Wildman–Crippen LogP) is 3.28. The zero-order valence-corrected chi connectivity index (χ0v) is 16.0. The molecular weight excluding hydrogens is 341 g/mol. The number of piperidine rings is 1. The number of hydrogen-bond acceptors (Lipinski definition) is 4. The molecule has 1 aromatic rings. The lowest BCUT2D eigenvalue weighted by Crippen LogP contribution is -2.36. The van der Waals surface area contributed by atoms with Crippen LogP contribution in [0, 0.1) is 18.8 Å². The maximum absolute atomic E-state index is 12.3. The molecule has 0 radical (unpaired) electrons. The number of nitrogens with zero attached hydrogens (tertiary/aromatic N) is 2. The van der Waals surface area contributed by atoms with E-state index in [0.29, 0.717) is 24.8 Å². The molecule has 2 rings (SSSR count). The Morgan fingerprint density at radius 2 is 2.27 bits per heavy atom. The van der Waals surface area contributed by atoms with Gasteiger partial charge in [0.05, 0.1) is 17.7 Å². The summed E-state index contributed by atoms with van der Waals surface area (Å²) >= 11 is 1.63. The van der Waals surface area contributed by atoms with Crippen molar-refractivity contribution in [1.82, 2.24) is 15.2 Å². The van der Waals surface area contributed by atoms with Crippen molar-refractivity contribution in [3.05, 3.63) is 16.1 Å². The first-order valence-corrected chi connectivity index (χ1v) is 8.29. The van der Waals surface area contributed by atoms with Gasteiger partial charge in [0.25, 0.3) is 0 Å². The number of amides is 1. The minimum Gasteiger partial charge on any atom is -0.341 e. The lowest BCUT2D eigenvalue weighted by molar-refractivity contribution is -0.131. The highest BCUT2D eigenvalue weighted by molar-refractivity contribution is 7.09. The number of halogens is 2. The fourth-order valence-corrected chi connectivity index (χ4v) is 3.57. The van der Waals surface area contributed by atoms with Crippen molar-refractivity contribution < 1.29 is 4.79 Å². The Balaban J connectivity index is 0.00000220. The van der Waals surface area contributed by atoms with E-state index in [4.69, 9.17) is 0 Å². The van der Waals surface area contributed by atoms with Crippen molar-refractivity contribution >= 4 is 42.1 Å². The molecule has 0 bridgehead atoms. The van der Waals surface area contributed by atoms with E-state index < -0.39 is 0 Å². The number of thiazole rings is 1. The number of aryl methyl sites for hydroxylation is 1. The van der Waals surface area contributed by atoms with Crippen LogP contribution < -0.4 is 5.32 Å². The van der Waals surface area contributed by atoms with Crippen molar-refractivity contribution in [2.75, 3.05) is 20.1 Å². The standard InChI is InChI=1S/C15H25N3OS.2ClH/c1-11(13-5-4-6-16-8-13)7-15(19)18(3)9-14-12(2)17-10-20-14;;/h10-11,13,16H,4-9H2,1-3H3;2*1H. The van der Waals surface area contributed by atoms with Crippen LogP contribution in [0.1, 0.15) is 36.8 Å². The molecule has 1 aliphatic rings. The smallest absolute Gasteiger partial charge is 0.222 e. The third-order valence-electron chi connectivity index (χ3n) is 4.29. The second-order valence-electron chi connectivity index (χ2n) is 5.90. The first-order valence-electron chi connectivity index (χ1n) is 7.41. The van der Waals surface area contributed by atoms with E-state index in [9.17, 15) is 4.79 Å². The molecule has 2 atom stereocenters. The number of hydrogen-bond donors (Lipinski definition) is 1. The van der Waals surface area contributed by atoms with Crippen LogP contribution in [-0.2, 0) is 11.3 Å². The summed E-state index contributed by atoms with van der Waals surface area (Å²) in [4.78, 5) is 19.6. The van der Waals surface area contributed by atoms with Crippen LogP contribution in [0.4, 0.5) is 0 Å². The average Bonchev–Trinajstić information content (AvgIpc) is 2.85. The van der Waals surface area contributed by atoms with Crippen molar-refractivity contribution in [2.24, 2.45) is 11.8 Å². The lowest BCUT2D eigenvalue weighted by Gasteiger charge is -2.29. The molecule has 1 N–H and O–H groups in total. The number of carbonyl (C=O) groups excluding carboxylic acids is 1. The summed E-state index contributed by atoms with van der Waals surface area (Å²) in [7, 11) is 1.90. The van der Waals surface area contributed by atoms with Gasteiger partial charge in [0.1, 0.15) is 0 Å². The molecule has 2 heterocycles. The van der Waals surface area contributed by atoms with E-state index in [0.717, 1.165) is 18.8 Å². The first-order chi connectivity index (χ1) is 9.58. The normalized spacial score (nSPS) is 18.8. The Morgan fingerprint density at radius 1 is 1.55 bits per heavy atom. The minimum atomic E-state index is 0. The van der Waals surface area contributed by atoms with Crippen LogP contribution >= 0.6 is 36.2 Å². The average molecular weight is 368 g/mol. The van der Waals surface area contributed by atoms with Gasteiger partial charge in [-0.3, -0.25) is 4.79 Å². The predicted molar refractivity (Wildman–Crippen MR) is 97.2 cm³/mol. The summed E-state index contributed by atoms with van der Waals surface area (Å²) in [6.07, 6.45) is 3.14. The number of carbonyl (C=O) groups is 1. The molecule has 0 spiro atoms. The van der Waals surface area contributed by atoms with Gasteiger partial charge in [-0.25, -0.2) is 4.98 Å². The van der Waals surface area contributed by atoms with Crippen molar-refractivity contribution in [3.8, 4) is 0 Å². The quantitative estimate of drug-likeness (QED) is 0.868. The Morgan fingerprint density at radius 3 is 2.82 bits per heavy atom. The van der Waals surface area contributed by atoms with Crippen LogP contribution in [0.3, 0.4) is 0 Å². The molecule has 1 saturated heterocycles. The lowest BCUT2D eigenvalue weighted by atomic mass is 9.85. The summed E-state index contributed by atoms with van der Waals surface area (Å²) in [5, 5.41) is 3.43. The van der Waals surface area contributed by atoms with Gasteiger partial charge in [-0.05, 0) is 44.7 Å². The molecule has 0 aromatic carbocycles. The zero-order valence-electron chi connectivity index (χ0n) is 13.5. The van der Waals surface area contributed by atoms with Gasteiger partial charge in [-0.2, -0.15) is 0 Å². The number of nitrogens with one attached hydrogen (secondary N) is 1. The molecule has 0 aliphatic carbocycles. The van der Waals surface area contributed by atoms with E-state index >= 15 is 0 Å². The minimum absolute atomic E-state index is 0. The molecule has 4 nitrogen and oxygen atoms in total. The van der Waals surface area contributed by atoms with Gasteiger partial charge in [0, 0.05) is 18.3 Å². The fourth-order valence-electron chi connectivity index (χ4n) is 2.74. The van der Waals surface area contributed by atoms with Crippen molar-refractivity contribution in [1.29, 1.82) is 0 Å². The Bertz CT molecular complexity index is 450. The zero-order chi connectivity index (χ0) is 14.5. The van der Waals surface area contributed by atoms with E-state index in [-0.39, 0.29) is 30.7 Å². The molecule has 1 amide bonds. The SMILES string of the molecule is Cc1ncsc1CN(C)C(=O)CC(C)C1CCCNC1.Cl.Cl. The van der Waals surface area contributed by atoms with Crippen LogP contribution in [-0.4, -0.2) is 35.9 Å². The van der Waals surface area contributed by atoms with Crippen LogP contribution in [0.5, 0.6) is 0 Å². The van der Waals surface area contributed by atoms with Gasteiger partial charge in [-0.15, -0.1) is 36.2 Å². The number of rotatable bonds is 5. The van der Waals surface area contributed by atoms with Gasteiger partial charge < -0.3 is 10.2 Å².